The van der Waals surface area contributed by atoms with Crippen LogP contribution in [0.3, 0.4) is 0 Å². The van der Waals surface area contributed by atoms with Crippen LogP contribution in [0.1, 0.15) is 6.42 Å². The van der Waals surface area contributed by atoms with Gasteiger partial charge >= 0.3 is 11.4 Å². The number of hydrogen-bond acceptors (Lipinski definition) is 5. The molecule has 92 valence electrons. The highest BCUT2D eigenvalue weighted by molar-refractivity contribution is 8.01. The molecule has 0 fully saturated rings. The van der Waals surface area contributed by atoms with Crippen LogP contribution in [0.2, 0.25) is 0 Å². The van der Waals surface area contributed by atoms with Gasteiger partial charge in [0.2, 0.25) is 0 Å². The van der Waals surface area contributed by atoms with Crippen molar-refractivity contribution in [3.8, 4) is 0 Å². The van der Waals surface area contributed by atoms with E-state index in [2.05, 4.69) is 15.2 Å². The fraction of sp³-hybridized carbons (Fsp3) is 0.300. The molecule has 17 heavy (non-hydrogen) atoms. The van der Waals surface area contributed by atoms with Gasteiger partial charge in [0, 0.05) is 5.75 Å². The molecule has 0 amide bonds. The molecule has 1 atom stereocenters. The molecule has 4 nitrogen and oxygen atoms in total. The summed E-state index contributed by atoms with van der Waals surface area (Å²) in [6, 6.07) is 8.02. The van der Waals surface area contributed by atoms with Crippen molar-refractivity contribution < 1.29 is 12.9 Å². The molecule has 0 aliphatic heterocycles. The molecular formula is C10H11NO3S3. The van der Waals surface area contributed by atoms with Crippen LogP contribution in [0, 0.1) is 0 Å². The summed E-state index contributed by atoms with van der Waals surface area (Å²) in [7, 11) is 0. The highest BCUT2D eigenvalue weighted by atomic mass is 32.2. The van der Waals surface area contributed by atoms with Gasteiger partial charge in [0.1, 0.15) is 0 Å². The molecule has 1 unspecified atom stereocenters. The van der Waals surface area contributed by atoms with E-state index < -0.39 is 11.4 Å². The molecule has 7 heteroatoms. The lowest BCUT2D eigenvalue weighted by Crippen LogP contribution is -1.98. The average Bonchev–Trinajstić information content (AvgIpc) is 2.70. The highest BCUT2D eigenvalue weighted by Gasteiger charge is 2.03. The highest BCUT2D eigenvalue weighted by Crippen LogP contribution is 2.29. The van der Waals surface area contributed by atoms with Gasteiger partial charge in [0.05, 0.1) is 16.8 Å². The fourth-order valence-electron chi connectivity index (χ4n) is 1.26. The van der Waals surface area contributed by atoms with E-state index in [-0.39, 0.29) is 0 Å². The lowest BCUT2D eigenvalue weighted by Gasteiger charge is -1.97. The molecule has 1 aromatic heterocycles. The van der Waals surface area contributed by atoms with E-state index in [4.69, 9.17) is 4.55 Å². The zero-order chi connectivity index (χ0) is 12.1. The second-order valence-electron chi connectivity index (χ2n) is 3.19. The summed E-state index contributed by atoms with van der Waals surface area (Å²) in [6.07, 6.45) is 0.729. The quantitative estimate of drug-likeness (QED) is 0.503. The summed E-state index contributed by atoms with van der Waals surface area (Å²) in [5.41, 5.74) is 1.02. The van der Waals surface area contributed by atoms with Crippen LogP contribution in [-0.2, 0) is 15.5 Å². The predicted molar refractivity (Wildman–Crippen MR) is 71.7 cm³/mol. The minimum absolute atomic E-state index is 0.293. The van der Waals surface area contributed by atoms with Gasteiger partial charge in [-0.25, -0.2) is 4.98 Å². The molecule has 0 aliphatic carbocycles. The van der Waals surface area contributed by atoms with E-state index in [1.165, 1.54) is 4.70 Å². The molecule has 0 bridgehead atoms. The lowest BCUT2D eigenvalue weighted by atomic mass is 10.3. The monoisotopic (exact) mass is 289 g/mol. The Kier molecular flexibility index (Phi) is 4.93. The predicted octanol–water partition coefficient (Wildman–Crippen LogP) is 2.93. The van der Waals surface area contributed by atoms with E-state index in [0.717, 1.165) is 22.0 Å². The molecule has 1 heterocycles. The Morgan fingerprint density at radius 2 is 2.29 bits per heavy atom. The maximum absolute atomic E-state index is 10.2. The number of thioether (sulfide) groups is 1. The minimum atomic E-state index is -2.15. The first-order valence-corrected chi connectivity index (χ1v) is 7.81. The van der Waals surface area contributed by atoms with Gasteiger partial charge in [-0.05, 0) is 18.6 Å². The van der Waals surface area contributed by atoms with Gasteiger partial charge in [-0.2, -0.15) is 4.21 Å². The number of aromatic nitrogens is 1. The van der Waals surface area contributed by atoms with E-state index in [1.54, 1.807) is 23.1 Å². The Balaban J connectivity index is 1.81. The van der Waals surface area contributed by atoms with Crippen molar-refractivity contribution in [2.24, 2.45) is 0 Å². The van der Waals surface area contributed by atoms with Gasteiger partial charge in [0.15, 0.2) is 4.34 Å². The molecule has 1 aromatic carbocycles. The number of thiazole rings is 1. The number of fused-ring (bicyclic) bond motifs is 1. The standard InChI is InChI=1S/C10H11NO3S3/c12-17(13)14-6-3-7-15-10-11-8-4-1-2-5-9(8)16-10/h1-2,4-5H,3,6-7H2,(H,12,13). The molecule has 0 radical (unpaired) electrons. The van der Waals surface area contributed by atoms with Gasteiger partial charge in [0.25, 0.3) is 0 Å². The fourth-order valence-corrected chi connectivity index (χ4v) is 3.57. The van der Waals surface area contributed by atoms with Crippen LogP contribution in [0.5, 0.6) is 0 Å². The van der Waals surface area contributed by atoms with Gasteiger partial charge < -0.3 is 0 Å². The molecule has 2 aromatic rings. The summed E-state index contributed by atoms with van der Waals surface area (Å²) < 4.78 is 25.4. The lowest BCUT2D eigenvalue weighted by molar-refractivity contribution is 0.308. The topological polar surface area (TPSA) is 59.4 Å². The minimum Gasteiger partial charge on any atom is -0.284 e. The van der Waals surface area contributed by atoms with Crippen LogP contribution in [0.4, 0.5) is 0 Å². The van der Waals surface area contributed by atoms with Crippen molar-refractivity contribution in [3.05, 3.63) is 24.3 Å². The number of para-hydroxylation sites is 1. The molecule has 0 spiro atoms. The summed E-state index contributed by atoms with van der Waals surface area (Å²) >= 11 is 1.16. The van der Waals surface area contributed by atoms with Crippen LogP contribution in [0.25, 0.3) is 10.2 Å². The summed E-state index contributed by atoms with van der Waals surface area (Å²) in [6.45, 7) is 0.293. The smallest absolute Gasteiger partial charge is 0.284 e. The van der Waals surface area contributed by atoms with Crippen LogP contribution in [-0.4, -0.2) is 26.1 Å². The number of benzene rings is 1. The Hall–Kier alpha value is -0.470. The van der Waals surface area contributed by atoms with Crippen molar-refractivity contribution in [3.63, 3.8) is 0 Å². The number of rotatable bonds is 6. The zero-order valence-corrected chi connectivity index (χ0v) is 11.3. The molecule has 2 rings (SSSR count). The largest absolute Gasteiger partial charge is 0.301 e. The Morgan fingerprint density at radius 1 is 1.47 bits per heavy atom. The van der Waals surface area contributed by atoms with Gasteiger partial charge in [-0.1, -0.05) is 23.9 Å². The van der Waals surface area contributed by atoms with Crippen molar-refractivity contribution in [2.75, 3.05) is 12.4 Å². The first-order valence-electron chi connectivity index (χ1n) is 4.98. The van der Waals surface area contributed by atoms with Gasteiger partial charge in [-0.15, -0.1) is 11.3 Å². The van der Waals surface area contributed by atoms with Crippen molar-refractivity contribution in [1.29, 1.82) is 0 Å². The number of hydrogen-bond donors (Lipinski definition) is 1. The summed E-state index contributed by atoms with van der Waals surface area (Å²) in [5, 5.41) is 0. The Morgan fingerprint density at radius 3 is 3.06 bits per heavy atom. The summed E-state index contributed by atoms with van der Waals surface area (Å²) in [5.74, 6) is 0.830. The molecule has 0 saturated carbocycles. The maximum Gasteiger partial charge on any atom is 0.301 e. The van der Waals surface area contributed by atoms with Gasteiger partial charge in [-0.3, -0.25) is 8.74 Å². The van der Waals surface area contributed by atoms with Crippen molar-refractivity contribution >= 4 is 44.7 Å². The zero-order valence-electron chi connectivity index (χ0n) is 8.87. The van der Waals surface area contributed by atoms with Crippen molar-refractivity contribution in [2.45, 2.75) is 10.8 Å². The van der Waals surface area contributed by atoms with E-state index in [9.17, 15) is 4.21 Å². The Labute approximate surface area is 110 Å². The second-order valence-corrected chi connectivity index (χ2v) is 6.23. The molecular weight excluding hydrogens is 278 g/mol. The van der Waals surface area contributed by atoms with E-state index in [1.807, 2.05) is 18.2 Å². The summed E-state index contributed by atoms with van der Waals surface area (Å²) in [4.78, 5) is 4.48. The van der Waals surface area contributed by atoms with Crippen molar-refractivity contribution in [1.82, 2.24) is 4.98 Å². The third-order valence-corrected chi connectivity index (χ3v) is 4.61. The van der Waals surface area contributed by atoms with E-state index >= 15 is 0 Å². The number of nitrogens with zero attached hydrogens (tertiary/aromatic N) is 1. The SMILES string of the molecule is O=S(O)OCCCSc1nc2ccccc2s1. The maximum atomic E-state index is 10.2. The normalized spacial score (nSPS) is 13.0. The molecule has 0 aliphatic rings. The third kappa shape index (κ3) is 4.04. The second kappa shape index (κ2) is 6.46. The first-order chi connectivity index (χ1) is 8.25. The van der Waals surface area contributed by atoms with Crippen LogP contribution >= 0.6 is 23.1 Å². The molecule has 0 saturated heterocycles. The van der Waals surface area contributed by atoms with Crippen LogP contribution in [0.15, 0.2) is 28.6 Å². The molecule has 1 N–H and O–H groups in total. The third-order valence-electron chi connectivity index (χ3n) is 1.97. The average molecular weight is 289 g/mol. The first kappa shape index (κ1) is 13.0. The van der Waals surface area contributed by atoms with Crippen LogP contribution < -0.4 is 0 Å². The van der Waals surface area contributed by atoms with E-state index in [0.29, 0.717) is 6.61 Å². The Bertz CT molecular complexity index is 481.